The Morgan fingerprint density at radius 3 is 2.36 bits per heavy atom. The molecule has 0 saturated carbocycles. The third-order valence-electron chi connectivity index (χ3n) is 2.19. The van der Waals surface area contributed by atoms with Crippen LogP contribution in [0.1, 0.15) is 25.3 Å². The summed E-state index contributed by atoms with van der Waals surface area (Å²) in [5, 5.41) is 1.42. The zero-order valence-corrected chi connectivity index (χ0v) is 9.78. The summed E-state index contributed by atoms with van der Waals surface area (Å²) in [6, 6.07) is 5.69. The van der Waals surface area contributed by atoms with Crippen LogP contribution in [-0.4, -0.2) is 6.04 Å². The molecule has 3 heteroatoms. The van der Waals surface area contributed by atoms with E-state index in [1.807, 2.05) is 18.2 Å². The van der Waals surface area contributed by atoms with E-state index in [1.54, 1.807) is 0 Å². The summed E-state index contributed by atoms with van der Waals surface area (Å²) in [7, 11) is 0. The van der Waals surface area contributed by atoms with Crippen LogP contribution in [-0.2, 0) is 6.42 Å². The molecule has 0 aliphatic heterocycles. The minimum Gasteiger partial charge on any atom is -0.327 e. The second-order valence-electron chi connectivity index (χ2n) is 3.45. The van der Waals surface area contributed by atoms with Gasteiger partial charge in [-0.3, -0.25) is 0 Å². The Morgan fingerprint density at radius 2 is 1.86 bits per heavy atom. The van der Waals surface area contributed by atoms with E-state index < -0.39 is 0 Å². The first-order valence-electron chi connectivity index (χ1n) is 4.83. The van der Waals surface area contributed by atoms with Crippen molar-refractivity contribution in [2.24, 2.45) is 5.73 Å². The van der Waals surface area contributed by atoms with Gasteiger partial charge in [-0.25, -0.2) is 0 Å². The molecule has 0 amide bonds. The Hall–Kier alpha value is -0.240. The van der Waals surface area contributed by atoms with Gasteiger partial charge in [0.25, 0.3) is 0 Å². The second-order valence-corrected chi connectivity index (χ2v) is 4.27. The molecule has 0 bridgehead atoms. The van der Waals surface area contributed by atoms with Gasteiger partial charge in [0, 0.05) is 16.1 Å². The maximum Gasteiger partial charge on any atom is 0.0453 e. The number of halogens is 2. The predicted molar refractivity (Wildman–Crippen MR) is 63.0 cm³/mol. The molecule has 78 valence electrons. The van der Waals surface area contributed by atoms with E-state index in [-0.39, 0.29) is 6.04 Å². The van der Waals surface area contributed by atoms with E-state index >= 15 is 0 Å². The average Bonchev–Trinajstić information content (AvgIpc) is 2.12. The van der Waals surface area contributed by atoms with Crippen molar-refractivity contribution in [1.82, 2.24) is 0 Å². The van der Waals surface area contributed by atoms with Crippen molar-refractivity contribution in [3.63, 3.8) is 0 Å². The lowest BCUT2D eigenvalue weighted by Crippen LogP contribution is -2.22. The molecule has 14 heavy (non-hydrogen) atoms. The first-order chi connectivity index (χ1) is 6.65. The van der Waals surface area contributed by atoms with E-state index in [0.717, 1.165) is 24.8 Å². The molecule has 2 N–H and O–H groups in total. The number of hydrogen-bond donors (Lipinski definition) is 1. The predicted octanol–water partition coefficient (Wildman–Crippen LogP) is 3.66. The quantitative estimate of drug-likeness (QED) is 0.842. The Morgan fingerprint density at radius 1 is 1.29 bits per heavy atom. The molecule has 0 heterocycles. The third kappa shape index (κ3) is 3.16. The summed E-state index contributed by atoms with van der Waals surface area (Å²) in [5.41, 5.74) is 6.91. The van der Waals surface area contributed by atoms with Gasteiger partial charge in [-0.15, -0.1) is 0 Å². The van der Waals surface area contributed by atoms with Crippen LogP contribution in [0.5, 0.6) is 0 Å². The van der Waals surface area contributed by atoms with Gasteiger partial charge in [-0.1, -0.05) is 42.6 Å². The highest BCUT2D eigenvalue weighted by molar-refractivity contribution is 6.35. The molecule has 0 spiro atoms. The largest absolute Gasteiger partial charge is 0.327 e. The van der Waals surface area contributed by atoms with E-state index in [1.165, 1.54) is 0 Å². The summed E-state index contributed by atoms with van der Waals surface area (Å²) < 4.78 is 0. The van der Waals surface area contributed by atoms with Crippen molar-refractivity contribution in [3.05, 3.63) is 33.8 Å². The maximum absolute atomic E-state index is 6.03. The minimum absolute atomic E-state index is 0.150. The molecule has 1 nitrogen and oxygen atoms in total. The number of hydrogen-bond acceptors (Lipinski definition) is 1. The molecule has 1 rings (SSSR count). The van der Waals surface area contributed by atoms with Crippen LogP contribution in [0.2, 0.25) is 10.0 Å². The summed E-state index contributed by atoms with van der Waals surface area (Å²) in [4.78, 5) is 0. The highest BCUT2D eigenvalue weighted by atomic mass is 35.5. The molecule has 0 saturated heterocycles. The third-order valence-corrected chi connectivity index (χ3v) is 2.90. The van der Waals surface area contributed by atoms with Crippen molar-refractivity contribution in [3.8, 4) is 0 Å². The van der Waals surface area contributed by atoms with E-state index in [0.29, 0.717) is 10.0 Å². The first-order valence-corrected chi connectivity index (χ1v) is 5.59. The van der Waals surface area contributed by atoms with Crippen molar-refractivity contribution in [2.75, 3.05) is 0 Å². The van der Waals surface area contributed by atoms with Crippen LogP contribution < -0.4 is 5.73 Å². The fraction of sp³-hybridized carbons (Fsp3) is 0.455. The van der Waals surface area contributed by atoms with Crippen LogP contribution in [0.25, 0.3) is 0 Å². The van der Waals surface area contributed by atoms with Gasteiger partial charge < -0.3 is 5.73 Å². The zero-order chi connectivity index (χ0) is 10.6. The van der Waals surface area contributed by atoms with E-state index in [2.05, 4.69) is 6.92 Å². The van der Waals surface area contributed by atoms with Crippen LogP contribution in [0.15, 0.2) is 18.2 Å². The molecule has 0 aromatic heterocycles. The van der Waals surface area contributed by atoms with Gasteiger partial charge in [0.05, 0.1) is 0 Å². The Balaban J connectivity index is 2.75. The first kappa shape index (κ1) is 11.8. The fourth-order valence-corrected chi connectivity index (χ4v) is 2.01. The summed E-state index contributed by atoms with van der Waals surface area (Å²) in [6.45, 7) is 2.12. The van der Waals surface area contributed by atoms with Gasteiger partial charge in [0.1, 0.15) is 0 Å². The monoisotopic (exact) mass is 231 g/mol. The fourth-order valence-electron chi connectivity index (χ4n) is 1.46. The van der Waals surface area contributed by atoms with Gasteiger partial charge in [-0.05, 0) is 30.5 Å². The lowest BCUT2D eigenvalue weighted by atomic mass is 10.0. The second kappa shape index (κ2) is 5.59. The molecule has 0 fully saturated rings. The Labute approximate surface area is 95.2 Å². The topological polar surface area (TPSA) is 26.0 Å². The van der Waals surface area contributed by atoms with Gasteiger partial charge >= 0.3 is 0 Å². The molecule has 1 aromatic rings. The summed E-state index contributed by atoms with van der Waals surface area (Å²) in [6.07, 6.45) is 2.84. The van der Waals surface area contributed by atoms with Crippen LogP contribution in [0.3, 0.4) is 0 Å². The van der Waals surface area contributed by atoms with Crippen LogP contribution in [0.4, 0.5) is 0 Å². The highest BCUT2D eigenvalue weighted by Gasteiger charge is 2.09. The summed E-state index contributed by atoms with van der Waals surface area (Å²) in [5.74, 6) is 0. The lowest BCUT2D eigenvalue weighted by Gasteiger charge is -2.12. The van der Waals surface area contributed by atoms with E-state index in [4.69, 9.17) is 28.9 Å². The SMILES string of the molecule is CCC[C@@H](N)Cc1c(Cl)cccc1Cl. The molecule has 1 aromatic carbocycles. The van der Waals surface area contributed by atoms with Crippen molar-refractivity contribution < 1.29 is 0 Å². The Kier molecular flexibility index (Phi) is 4.73. The molecule has 0 aliphatic carbocycles. The molecular weight excluding hydrogens is 217 g/mol. The van der Waals surface area contributed by atoms with Gasteiger partial charge in [0.2, 0.25) is 0 Å². The molecule has 1 atom stereocenters. The normalized spacial score (nSPS) is 12.9. The molecule has 0 aliphatic rings. The molecular formula is C11H15Cl2N. The number of benzene rings is 1. The van der Waals surface area contributed by atoms with Crippen molar-refractivity contribution >= 4 is 23.2 Å². The number of rotatable bonds is 4. The minimum atomic E-state index is 0.150. The van der Waals surface area contributed by atoms with E-state index in [9.17, 15) is 0 Å². The average molecular weight is 232 g/mol. The molecule has 0 unspecified atom stereocenters. The van der Waals surface area contributed by atoms with Gasteiger partial charge in [0.15, 0.2) is 0 Å². The Bertz CT molecular complexity index is 279. The van der Waals surface area contributed by atoms with Crippen molar-refractivity contribution in [2.45, 2.75) is 32.2 Å². The maximum atomic E-state index is 6.03. The lowest BCUT2D eigenvalue weighted by molar-refractivity contribution is 0.600. The smallest absolute Gasteiger partial charge is 0.0453 e. The number of nitrogens with two attached hydrogens (primary N) is 1. The highest BCUT2D eigenvalue weighted by Crippen LogP contribution is 2.25. The van der Waals surface area contributed by atoms with Gasteiger partial charge in [-0.2, -0.15) is 0 Å². The summed E-state index contributed by atoms with van der Waals surface area (Å²) >= 11 is 12.1. The van der Waals surface area contributed by atoms with Crippen LogP contribution >= 0.6 is 23.2 Å². The van der Waals surface area contributed by atoms with Crippen LogP contribution in [0, 0.1) is 0 Å². The zero-order valence-electron chi connectivity index (χ0n) is 8.26. The standard InChI is InChI=1S/C11H15Cl2N/c1-2-4-8(14)7-9-10(12)5-3-6-11(9)13/h3,5-6,8H,2,4,7,14H2,1H3/t8-/m1/s1. The van der Waals surface area contributed by atoms with Crippen molar-refractivity contribution in [1.29, 1.82) is 0 Å². The molecule has 0 radical (unpaired) electrons.